The molecule has 2 aliphatic rings. The van der Waals surface area contributed by atoms with E-state index < -0.39 is 12.1 Å². The van der Waals surface area contributed by atoms with Crippen LogP contribution in [0.2, 0.25) is 0 Å². The van der Waals surface area contributed by atoms with Crippen LogP contribution in [0, 0.1) is 5.92 Å². The number of aliphatic carboxylic acids is 1. The van der Waals surface area contributed by atoms with Crippen LogP contribution in [0.1, 0.15) is 24.9 Å². The lowest BCUT2D eigenvalue weighted by Crippen LogP contribution is -2.46. The summed E-state index contributed by atoms with van der Waals surface area (Å²) < 4.78 is 43.8. The number of likely N-dealkylation sites (tertiary alicyclic amines) is 1. The molecule has 4 rings (SSSR count). The topological polar surface area (TPSA) is 91.9 Å². The summed E-state index contributed by atoms with van der Waals surface area (Å²) in [4.78, 5) is 22.4. The number of carbonyl (C=O) groups is 1. The van der Waals surface area contributed by atoms with Gasteiger partial charge in [-0.15, -0.1) is 0 Å². The van der Waals surface area contributed by atoms with Gasteiger partial charge in [0.2, 0.25) is 5.95 Å². The summed E-state index contributed by atoms with van der Waals surface area (Å²) in [6.45, 7) is 7.60. The van der Waals surface area contributed by atoms with Crippen LogP contribution in [0.15, 0.2) is 35.0 Å². The van der Waals surface area contributed by atoms with Gasteiger partial charge in [0, 0.05) is 44.4 Å². The summed E-state index contributed by atoms with van der Waals surface area (Å²) in [5.41, 5.74) is 0. The highest BCUT2D eigenvalue weighted by molar-refractivity contribution is 5.73. The first-order valence-electron chi connectivity index (χ1n) is 10.5. The summed E-state index contributed by atoms with van der Waals surface area (Å²) >= 11 is 0. The number of alkyl halides is 3. The zero-order valence-electron chi connectivity index (χ0n) is 17.8. The van der Waals surface area contributed by atoms with Crippen LogP contribution in [0.4, 0.5) is 19.1 Å². The summed E-state index contributed by atoms with van der Waals surface area (Å²) in [6, 6.07) is 6.05. The fourth-order valence-corrected chi connectivity index (χ4v) is 3.81. The molecule has 11 heteroatoms. The van der Waals surface area contributed by atoms with E-state index in [1.54, 1.807) is 0 Å². The van der Waals surface area contributed by atoms with Crippen molar-refractivity contribution in [3.05, 3.63) is 42.1 Å². The van der Waals surface area contributed by atoms with Gasteiger partial charge >= 0.3 is 12.1 Å². The Bertz CT molecular complexity index is 862. The Morgan fingerprint density at radius 3 is 2.50 bits per heavy atom. The number of carboxylic acid groups (broad SMARTS) is 1. The van der Waals surface area contributed by atoms with Crippen molar-refractivity contribution in [2.75, 3.05) is 37.7 Å². The molecule has 2 fully saturated rings. The molecule has 4 heterocycles. The molecule has 0 aromatic carbocycles. The van der Waals surface area contributed by atoms with E-state index >= 15 is 0 Å². The molecule has 0 amide bonds. The normalized spacial score (nSPS) is 21.8. The Kier molecular flexibility index (Phi) is 8.08. The second kappa shape index (κ2) is 10.8. The van der Waals surface area contributed by atoms with Gasteiger partial charge in [-0.25, -0.2) is 14.8 Å². The van der Waals surface area contributed by atoms with Crippen LogP contribution < -0.4 is 4.90 Å². The third-order valence-corrected chi connectivity index (χ3v) is 5.45. The average Bonchev–Trinajstić information content (AvgIpc) is 3.11. The predicted molar refractivity (Wildman–Crippen MR) is 109 cm³/mol. The van der Waals surface area contributed by atoms with Gasteiger partial charge < -0.3 is 19.2 Å². The van der Waals surface area contributed by atoms with Gasteiger partial charge in [0.15, 0.2) is 0 Å². The Labute approximate surface area is 184 Å². The minimum Gasteiger partial charge on any atom is -0.475 e. The predicted octanol–water partition coefficient (Wildman–Crippen LogP) is 2.99. The summed E-state index contributed by atoms with van der Waals surface area (Å²) in [7, 11) is 0. The van der Waals surface area contributed by atoms with E-state index in [9.17, 15) is 13.2 Å². The Hall–Kier alpha value is -2.66. The highest BCUT2D eigenvalue weighted by Crippen LogP contribution is 2.26. The summed E-state index contributed by atoms with van der Waals surface area (Å²) in [5, 5.41) is 7.12. The third-order valence-electron chi connectivity index (χ3n) is 5.45. The highest BCUT2D eigenvalue weighted by Gasteiger charge is 2.38. The van der Waals surface area contributed by atoms with Gasteiger partial charge in [-0.2, -0.15) is 13.2 Å². The van der Waals surface area contributed by atoms with Gasteiger partial charge in [0.25, 0.3) is 0 Å². The Morgan fingerprint density at radius 1 is 1.19 bits per heavy atom. The lowest BCUT2D eigenvalue weighted by atomic mass is 9.93. The zero-order valence-corrected chi connectivity index (χ0v) is 17.8. The molecule has 32 heavy (non-hydrogen) atoms. The molecule has 8 nitrogen and oxygen atoms in total. The van der Waals surface area contributed by atoms with Crippen molar-refractivity contribution in [3.8, 4) is 0 Å². The van der Waals surface area contributed by atoms with Crippen molar-refractivity contribution < 1.29 is 32.2 Å². The van der Waals surface area contributed by atoms with E-state index in [2.05, 4.69) is 38.8 Å². The molecule has 2 aliphatic heterocycles. The van der Waals surface area contributed by atoms with E-state index in [-0.39, 0.29) is 6.10 Å². The number of hydrogen-bond donors (Lipinski definition) is 1. The maximum absolute atomic E-state index is 10.6. The van der Waals surface area contributed by atoms with Gasteiger partial charge in [-0.05, 0) is 31.2 Å². The van der Waals surface area contributed by atoms with Gasteiger partial charge in [-0.3, -0.25) is 4.90 Å². The van der Waals surface area contributed by atoms with Crippen molar-refractivity contribution in [1.82, 2.24) is 14.9 Å². The standard InChI is InChI=1S/C19H26N4O2.C2HF3O2/c1-2-16-4-5-17(25-16)13-22-9-6-15-12-23(10-11-24-18(15)14-22)19-20-7-3-8-21-19;3-2(4,5)1(6)7/h3-5,7-8,15,18H,2,6,9-14H2,1H3;(H,6,7)/t15-,18-;/m1./s1. The molecule has 0 aliphatic carbocycles. The average molecular weight is 456 g/mol. The lowest BCUT2D eigenvalue weighted by Gasteiger charge is -2.37. The van der Waals surface area contributed by atoms with Crippen LogP contribution >= 0.6 is 0 Å². The SMILES string of the molecule is CCc1ccc(CN2CC[C@@H]3CN(c4ncccn4)CCO[C@@H]3C2)o1.O=C(O)C(F)(F)F. The van der Waals surface area contributed by atoms with Gasteiger partial charge in [0.1, 0.15) is 11.5 Å². The second-order valence-corrected chi connectivity index (χ2v) is 7.71. The van der Waals surface area contributed by atoms with E-state index in [4.69, 9.17) is 19.1 Å². The molecule has 2 aromatic heterocycles. The van der Waals surface area contributed by atoms with Crippen LogP contribution in [0.3, 0.4) is 0 Å². The van der Waals surface area contributed by atoms with E-state index in [0.717, 1.165) is 69.6 Å². The van der Waals surface area contributed by atoms with Crippen molar-refractivity contribution in [2.24, 2.45) is 5.92 Å². The molecule has 1 N–H and O–H groups in total. The van der Waals surface area contributed by atoms with Crippen LogP contribution in [0.5, 0.6) is 0 Å². The number of hydrogen-bond acceptors (Lipinski definition) is 7. The molecular weight excluding hydrogens is 429 g/mol. The van der Waals surface area contributed by atoms with Crippen LogP contribution in [-0.4, -0.2) is 71.0 Å². The minimum atomic E-state index is -5.08. The number of fused-ring (bicyclic) bond motifs is 1. The first kappa shape index (κ1) is 24.0. The summed E-state index contributed by atoms with van der Waals surface area (Å²) in [6.07, 6.45) is 0.896. The maximum Gasteiger partial charge on any atom is 0.490 e. The molecule has 0 spiro atoms. The van der Waals surface area contributed by atoms with Gasteiger partial charge in [0.05, 0.1) is 19.3 Å². The second-order valence-electron chi connectivity index (χ2n) is 7.71. The number of piperidine rings is 1. The molecule has 0 bridgehead atoms. The van der Waals surface area contributed by atoms with Crippen molar-refractivity contribution in [2.45, 2.75) is 38.6 Å². The maximum atomic E-state index is 10.6. The van der Waals surface area contributed by atoms with Crippen molar-refractivity contribution in [1.29, 1.82) is 0 Å². The first-order chi connectivity index (χ1) is 15.3. The molecule has 2 atom stereocenters. The smallest absolute Gasteiger partial charge is 0.475 e. The number of aryl methyl sites for hydroxylation is 1. The fourth-order valence-electron chi connectivity index (χ4n) is 3.81. The minimum absolute atomic E-state index is 0.281. The fraction of sp³-hybridized carbons (Fsp3) is 0.571. The summed E-state index contributed by atoms with van der Waals surface area (Å²) in [5.74, 6) is 0.715. The number of halogens is 3. The van der Waals surface area contributed by atoms with Crippen LogP contribution in [0.25, 0.3) is 0 Å². The molecule has 0 saturated carbocycles. The van der Waals surface area contributed by atoms with Gasteiger partial charge in [-0.1, -0.05) is 6.92 Å². The molecule has 0 unspecified atom stereocenters. The number of furan rings is 1. The van der Waals surface area contributed by atoms with E-state index in [0.29, 0.717) is 5.92 Å². The number of ether oxygens (including phenoxy) is 1. The Morgan fingerprint density at radius 2 is 1.88 bits per heavy atom. The number of carboxylic acids is 1. The molecule has 176 valence electrons. The van der Waals surface area contributed by atoms with Crippen molar-refractivity contribution >= 4 is 11.9 Å². The van der Waals surface area contributed by atoms with E-state index in [1.165, 1.54) is 0 Å². The molecule has 2 aromatic rings. The molecule has 2 saturated heterocycles. The number of anilines is 1. The zero-order chi connectivity index (χ0) is 23.1. The quantitative estimate of drug-likeness (QED) is 0.751. The molecular formula is C21H27F3N4O4. The molecule has 0 radical (unpaired) electrons. The lowest BCUT2D eigenvalue weighted by molar-refractivity contribution is -0.192. The van der Waals surface area contributed by atoms with Crippen LogP contribution in [-0.2, 0) is 22.5 Å². The monoisotopic (exact) mass is 456 g/mol. The van der Waals surface area contributed by atoms with Crippen molar-refractivity contribution in [3.63, 3.8) is 0 Å². The highest BCUT2D eigenvalue weighted by atomic mass is 19.4. The third kappa shape index (κ3) is 6.67. The van der Waals surface area contributed by atoms with E-state index in [1.807, 2.05) is 18.5 Å². The Balaban J connectivity index is 0.000000360. The number of rotatable bonds is 4. The first-order valence-corrected chi connectivity index (χ1v) is 10.5. The number of nitrogens with zero attached hydrogens (tertiary/aromatic N) is 4. The number of aromatic nitrogens is 2. The largest absolute Gasteiger partial charge is 0.490 e.